The first-order chi connectivity index (χ1) is 10.1. The van der Waals surface area contributed by atoms with Crippen LogP contribution in [0.4, 0.5) is 4.39 Å². The van der Waals surface area contributed by atoms with E-state index in [2.05, 4.69) is 5.32 Å². The number of carbonyl (C=O) groups excluding carboxylic acids is 1. The highest BCUT2D eigenvalue weighted by Crippen LogP contribution is 2.21. The number of nitrogens with two attached hydrogens (primary N) is 1. The van der Waals surface area contributed by atoms with E-state index >= 15 is 0 Å². The summed E-state index contributed by atoms with van der Waals surface area (Å²) in [5.74, 6) is -0.497. The molecule has 0 spiro atoms. The smallest absolute Gasteiger partial charge is 0.249 e. The predicted octanol–water partition coefficient (Wildman–Crippen LogP) is 1.14. The first-order valence-electron chi connectivity index (χ1n) is 7.04. The Labute approximate surface area is 123 Å². The monoisotopic (exact) mass is 296 g/mol. The van der Waals surface area contributed by atoms with Crippen molar-refractivity contribution in [2.24, 2.45) is 5.73 Å². The predicted molar refractivity (Wildman–Crippen MR) is 76.1 cm³/mol. The molecule has 0 saturated carbocycles. The Hall–Kier alpha value is -1.50. The normalized spacial score (nSPS) is 23.0. The van der Waals surface area contributed by atoms with Crippen LogP contribution < -0.4 is 11.1 Å². The average molecular weight is 296 g/mol. The van der Waals surface area contributed by atoms with Gasteiger partial charge in [-0.2, -0.15) is 0 Å². The molecule has 21 heavy (non-hydrogen) atoms. The number of ether oxygens (including phenoxy) is 2. The summed E-state index contributed by atoms with van der Waals surface area (Å²) in [7, 11) is 1.55. The number of methoxy groups -OCH3 is 1. The molecular formula is C15H21FN2O3. The lowest BCUT2D eigenvalue weighted by molar-refractivity contribution is -0.133. The van der Waals surface area contributed by atoms with Gasteiger partial charge in [0, 0.05) is 13.7 Å². The van der Waals surface area contributed by atoms with Crippen molar-refractivity contribution < 1.29 is 18.7 Å². The molecule has 1 amide bonds. The second-order valence-corrected chi connectivity index (χ2v) is 5.13. The molecule has 1 aromatic carbocycles. The third-order valence-corrected chi connectivity index (χ3v) is 3.59. The molecule has 2 rings (SSSR count). The van der Waals surface area contributed by atoms with Crippen LogP contribution in [0.3, 0.4) is 0 Å². The highest BCUT2D eigenvalue weighted by molar-refractivity contribution is 5.81. The SMILES string of the molecule is COCC(NC(=O)[C@@H]1CC[C@H](CN)O1)c1ccc(F)cc1. The van der Waals surface area contributed by atoms with Crippen LogP contribution in [0.15, 0.2) is 24.3 Å². The van der Waals surface area contributed by atoms with Crippen molar-refractivity contribution in [1.29, 1.82) is 0 Å². The van der Waals surface area contributed by atoms with Crippen LogP contribution in [0.5, 0.6) is 0 Å². The molecule has 1 saturated heterocycles. The first-order valence-corrected chi connectivity index (χ1v) is 7.04. The average Bonchev–Trinajstić information content (AvgIpc) is 2.96. The maximum atomic E-state index is 13.0. The van der Waals surface area contributed by atoms with Crippen molar-refractivity contribution in [3.63, 3.8) is 0 Å². The zero-order valence-corrected chi connectivity index (χ0v) is 12.0. The molecule has 116 valence electrons. The van der Waals surface area contributed by atoms with Gasteiger partial charge in [0.2, 0.25) is 5.91 Å². The third kappa shape index (κ3) is 4.23. The number of benzene rings is 1. The van der Waals surface area contributed by atoms with Crippen LogP contribution in [0.25, 0.3) is 0 Å². The van der Waals surface area contributed by atoms with Crippen LogP contribution in [-0.2, 0) is 14.3 Å². The van der Waals surface area contributed by atoms with Gasteiger partial charge in [0.05, 0.1) is 18.8 Å². The number of halogens is 1. The summed E-state index contributed by atoms with van der Waals surface area (Å²) in [4.78, 5) is 12.2. The van der Waals surface area contributed by atoms with E-state index in [-0.39, 0.29) is 23.9 Å². The minimum absolute atomic E-state index is 0.0487. The van der Waals surface area contributed by atoms with Crippen LogP contribution in [-0.4, -0.2) is 38.4 Å². The van der Waals surface area contributed by atoms with Gasteiger partial charge in [-0.15, -0.1) is 0 Å². The van der Waals surface area contributed by atoms with Gasteiger partial charge in [-0.1, -0.05) is 12.1 Å². The molecule has 3 atom stereocenters. The summed E-state index contributed by atoms with van der Waals surface area (Å²) in [6.45, 7) is 0.730. The van der Waals surface area contributed by atoms with E-state index in [9.17, 15) is 9.18 Å². The van der Waals surface area contributed by atoms with Gasteiger partial charge in [-0.05, 0) is 30.5 Å². The molecule has 1 aliphatic rings. The van der Waals surface area contributed by atoms with Crippen LogP contribution >= 0.6 is 0 Å². The van der Waals surface area contributed by atoms with Gasteiger partial charge in [-0.25, -0.2) is 4.39 Å². The molecule has 0 radical (unpaired) electrons. The lowest BCUT2D eigenvalue weighted by Gasteiger charge is -2.21. The van der Waals surface area contributed by atoms with E-state index in [0.717, 1.165) is 12.0 Å². The molecule has 1 heterocycles. The van der Waals surface area contributed by atoms with Gasteiger partial charge < -0.3 is 20.5 Å². The Balaban J connectivity index is 1.99. The number of hydrogen-bond donors (Lipinski definition) is 2. The molecule has 1 unspecified atom stereocenters. The second kappa shape index (κ2) is 7.49. The Morgan fingerprint density at radius 1 is 1.48 bits per heavy atom. The van der Waals surface area contributed by atoms with E-state index < -0.39 is 6.10 Å². The molecule has 1 aromatic rings. The standard InChI is InChI=1S/C15H21FN2O3/c1-20-9-13(10-2-4-11(16)5-3-10)18-15(19)14-7-6-12(8-17)21-14/h2-5,12-14H,6-9,17H2,1H3,(H,18,19)/t12-,13?,14+/m1/s1. The maximum absolute atomic E-state index is 13.0. The first kappa shape index (κ1) is 15.9. The lowest BCUT2D eigenvalue weighted by Crippen LogP contribution is -2.39. The maximum Gasteiger partial charge on any atom is 0.249 e. The van der Waals surface area contributed by atoms with Crippen molar-refractivity contribution in [2.75, 3.05) is 20.3 Å². The van der Waals surface area contributed by atoms with Crippen LogP contribution in [0, 0.1) is 5.82 Å². The molecule has 0 aliphatic carbocycles. The largest absolute Gasteiger partial charge is 0.382 e. The number of hydrogen-bond acceptors (Lipinski definition) is 4. The van der Waals surface area contributed by atoms with E-state index in [1.807, 2.05) is 0 Å². The topological polar surface area (TPSA) is 73.6 Å². The Bertz CT molecular complexity index is 466. The summed E-state index contributed by atoms with van der Waals surface area (Å²) >= 11 is 0. The summed E-state index contributed by atoms with van der Waals surface area (Å²) in [5, 5.41) is 2.89. The molecule has 5 nitrogen and oxygen atoms in total. The minimum Gasteiger partial charge on any atom is -0.382 e. The van der Waals surface area contributed by atoms with Crippen molar-refractivity contribution in [2.45, 2.75) is 31.1 Å². The number of amides is 1. The summed E-state index contributed by atoms with van der Waals surface area (Å²) in [5.41, 5.74) is 6.33. The fourth-order valence-electron chi connectivity index (χ4n) is 2.42. The molecule has 3 N–H and O–H groups in total. The number of rotatable bonds is 6. The van der Waals surface area contributed by atoms with Crippen molar-refractivity contribution in [3.05, 3.63) is 35.6 Å². The fourth-order valence-corrected chi connectivity index (χ4v) is 2.42. The highest BCUT2D eigenvalue weighted by atomic mass is 19.1. The third-order valence-electron chi connectivity index (χ3n) is 3.59. The quantitative estimate of drug-likeness (QED) is 0.825. The van der Waals surface area contributed by atoms with Gasteiger partial charge in [0.15, 0.2) is 0 Å². The van der Waals surface area contributed by atoms with Gasteiger partial charge in [0.1, 0.15) is 11.9 Å². The van der Waals surface area contributed by atoms with Crippen LogP contribution in [0.2, 0.25) is 0 Å². The molecule has 0 bridgehead atoms. The van der Waals surface area contributed by atoms with Gasteiger partial charge in [-0.3, -0.25) is 4.79 Å². The minimum atomic E-state index is -0.474. The van der Waals surface area contributed by atoms with E-state index in [0.29, 0.717) is 19.6 Å². The Morgan fingerprint density at radius 2 is 2.19 bits per heavy atom. The molecule has 1 fully saturated rings. The van der Waals surface area contributed by atoms with Crippen LogP contribution in [0.1, 0.15) is 24.4 Å². The fraction of sp³-hybridized carbons (Fsp3) is 0.533. The Morgan fingerprint density at radius 3 is 2.76 bits per heavy atom. The van der Waals surface area contributed by atoms with E-state index in [1.54, 1.807) is 19.2 Å². The van der Waals surface area contributed by atoms with E-state index in [4.69, 9.17) is 15.2 Å². The van der Waals surface area contributed by atoms with E-state index in [1.165, 1.54) is 12.1 Å². The molecule has 1 aliphatic heterocycles. The van der Waals surface area contributed by atoms with Crippen molar-refractivity contribution in [1.82, 2.24) is 5.32 Å². The summed E-state index contributed by atoms with van der Waals surface area (Å²) < 4.78 is 23.7. The van der Waals surface area contributed by atoms with Crippen molar-refractivity contribution >= 4 is 5.91 Å². The van der Waals surface area contributed by atoms with Crippen molar-refractivity contribution in [3.8, 4) is 0 Å². The zero-order valence-electron chi connectivity index (χ0n) is 12.0. The van der Waals surface area contributed by atoms with Gasteiger partial charge >= 0.3 is 0 Å². The second-order valence-electron chi connectivity index (χ2n) is 5.13. The lowest BCUT2D eigenvalue weighted by atomic mass is 10.1. The van der Waals surface area contributed by atoms with Gasteiger partial charge in [0.25, 0.3) is 0 Å². The Kier molecular flexibility index (Phi) is 5.67. The molecule has 0 aromatic heterocycles. The molecule has 6 heteroatoms. The number of carbonyl (C=O) groups is 1. The summed E-state index contributed by atoms with van der Waals surface area (Å²) in [6, 6.07) is 5.67. The summed E-state index contributed by atoms with van der Waals surface area (Å²) in [6.07, 6.45) is 0.933. The zero-order chi connectivity index (χ0) is 15.2. The molecular weight excluding hydrogens is 275 g/mol. The number of nitrogens with one attached hydrogen (secondary N) is 1. The highest BCUT2D eigenvalue weighted by Gasteiger charge is 2.31.